The monoisotopic (exact) mass is 385 g/mol. The highest BCUT2D eigenvalue weighted by atomic mass is 35.5. The SMILES string of the molecule is O=C(C[NH+]1CC[NH+](C/C=C/c2ccccc2)CC1)NCc1cccc(Cl)c1. The molecule has 0 bridgehead atoms. The van der Waals surface area contributed by atoms with Gasteiger partial charge in [-0.1, -0.05) is 60.1 Å². The molecule has 0 unspecified atom stereocenters. The number of carbonyl (C=O) groups excluding carboxylic acids is 1. The molecule has 0 radical (unpaired) electrons. The van der Waals surface area contributed by atoms with E-state index in [-0.39, 0.29) is 5.91 Å². The predicted molar refractivity (Wildman–Crippen MR) is 110 cm³/mol. The van der Waals surface area contributed by atoms with Crippen molar-refractivity contribution in [2.24, 2.45) is 0 Å². The Morgan fingerprint density at radius 1 is 1.00 bits per heavy atom. The maximum Gasteiger partial charge on any atom is 0.275 e. The second kappa shape index (κ2) is 10.3. The van der Waals surface area contributed by atoms with Gasteiger partial charge in [0, 0.05) is 11.6 Å². The van der Waals surface area contributed by atoms with Gasteiger partial charge in [0.15, 0.2) is 6.54 Å². The van der Waals surface area contributed by atoms with E-state index in [2.05, 4.69) is 41.7 Å². The highest BCUT2D eigenvalue weighted by Crippen LogP contribution is 2.10. The Bertz CT molecular complexity index is 755. The Morgan fingerprint density at radius 2 is 1.74 bits per heavy atom. The number of halogens is 1. The molecule has 1 aliphatic heterocycles. The van der Waals surface area contributed by atoms with Crippen LogP contribution in [0.2, 0.25) is 5.02 Å². The number of carbonyl (C=O) groups is 1. The summed E-state index contributed by atoms with van der Waals surface area (Å²) in [6.07, 6.45) is 4.45. The smallest absolute Gasteiger partial charge is 0.275 e. The maximum atomic E-state index is 12.2. The number of rotatable bonds is 7. The largest absolute Gasteiger partial charge is 0.347 e. The molecule has 1 fully saturated rings. The molecule has 5 heteroatoms. The van der Waals surface area contributed by atoms with Crippen LogP contribution in [0.25, 0.3) is 6.08 Å². The molecule has 0 atom stereocenters. The summed E-state index contributed by atoms with van der Waals surface area (Å²) in [4.78, 5) is 15.2. The zero-order valence-corrected chi connectivity index (χ0v) is 16.3. The van der Waals surface area contributed by atoms with Crippen LogP contribution in [0.4, 0.5) is 0 Å². The van der Waals surface area contributed by atoms with E-state index in [1.165, 1.54) is 10.5 Å². The van der Waals surface area contributed by atoms with Crippen LogP contribution in [0.15, 0.2) is 60.7 Å². The zero-order valence-electron chi connectivity index (χ0n) is 15.6. The number of amides is 1. The summed E-state index contributed by atoms with van der Waals surface area (Å²) in [5.41, 5.74) is 2.28. The van der Waals surface area contributed by atoms with Gasteiger partial charge in [-0.25, -0.2) is 0 Å². The molecule has 1 amide bonds. The lowest BCUT2D eigenvalue weighted by molar-refractivity contribution is -1.01. The molecule has 2 aromatic rings. The van der Waals surface area contributed by atoms with Crippen molar-refractivity contribution < 1.29 is 14.6 Å². The highest BCUT2D eigenvalue weighted by molar-refractivity contribution is 6.30. The van der Waals surface area contributed by atoms with Crippen molar-refractivity contribution in [3.63, 3.8) is 0 Å². The zero-order chi connectivity index (χ0) is 18.9. The van der Waals surface area contributed by atoms with Crippen molar-refractivity contribution in [3.8, 4) is 0 Å². The average molecular weight is 386 g/mol. The predicted octanol–water partition coefficient (Wildman–Crippen LogP) is 0.453. The second-order valence-electron chi connectivity index (χ2n) is 7.10. The molecule has 0 aromatic heterocycles. The van der Waals surface area contributed by atoms with Gasteiger partial charge in [-0.05, 0) is 29.3 Å². The topological polar surface area (TPSA) is 38.0 Å². The fourth-order valence-electron chi connectivity index (χ4n) is 3.40. The van der Waals surface area contributed by atoms with Gasteiger partial charge in [0.25, 0.3) is 5.91 Å². The number of hydrogen-bond acceptors (Lipinski definition) is 1. The van der Waals surface area contributed by atoms with Crippen molar-refractivity contribution in [2.45, 2.75) is 6.54 Å². The standard InChI is InChI=1S/C22H26ClN3O/c23-21-10-4-8-20(16-21)17-24-22(27)18-26-14-12-25(13-15-26)11-5-9-19-6-2-1-3-7-19/h1-10,16H,11-15,17-18H2,(H,24,27)/p+2/b9-5+. The van der Waals surface area contributed by atoms with E-state index < -0.39 is 0 Å². The van der Waals surface area contributed by atoms with E-state index in [9.17, 15) is 4.79 Å². The lowest BCUT2D eigenvalue weighted by Crippen LogP contribution is -3.28. The summed E-state index contributed by atoms with van der Waals surface area (Å²) in [6, 6.07) is 18.0. The maximum absolute atomic E-state index is 12.2. The molecule has 27 heavy (non-hydrogen) atoms. The molecule has 0 aliphatic carbocycles. The second-order valence-corrected chi connectivity index (χ2v) is 7.54. The van der Waals surface area contributed by atoms with Crippen LogP contribution in [0.5, 0.6) is 0 Å². The minimum Gasteiger partial charge on any atom is -0.347 e. The Balaban J connectivity index is 1.34. The molecule has 1 saturated heterocycles. The quantitative estimate of drug-likeness (QED) is 0.636. The number of benzene rings is 2. The molecule has 0 saturated carbocycles. The number of quaternary nitrogens is 2. The Morgan fingerprint density at radius 3 is 2.48 bits per heavy atom. The van der Waals surface area contributed by atoms with E-state index in [1.54, 1.807) is 4.90 Å². The van der Waals surface area contributed by atoms with Crippen molar-refractivity contribution in [2.75, 3.05) is 39.3 Å². The molecule has 2 aromatic carbocycles. The molecule has 1 heterocycles. The van der Waals surface area contributed by atoms with Crippen LogP contribution in [-0.4, -0.2) is 45.2 Å². The third-order valence-corrected chi connectivity index (χ3v) is 5.20. The summed E-state index contributed by atoms with van der Waals surface area (Å²) in [6.45, 7) is 6.43. The summed E-state index contributed by atoms with van der Waals surface area (Å²) >= 11 is 5.98. The van der Waals surface area contributed by atoms with Crippen LogP contribution in [0.3, 0.4) is 0 Å². The summed E-state index contributed by atoms with van der Waals surface area (Å²) in [7, 11) is 0. The number of nitrogens with one attached hydrogen (secondary N) is 3. The third kappa shape index (κ3) is 6.83. The molecule has 1 aliphatic rings. The lowest BCUT2D eigenvalue weighted by atomic mass is 10.2. The van der Waals surface area contributed by atoms with Crippen LogP contribution in [0.1, 0.15) is 11.1 Å². The first kappa shape index (κ1) is 19.6. The molecule has 3 N–H and O–H groups in total. The van der Waals surface area contributed by atoms with E-state index >= 15 is 0 Å². The van der Waals surface area contributed by atoms with Gasteiger partial charge in [-0.2, -0.15) is 0 Å². The van der Waals surface area contributed by atoms with E-state index in [0.717, 1.165) is 38.3 Å². The van der Waals surface area contributed by atoms with Gasteiger partial charge < -0.3 is 15.1 Å². The summed E-state index contributed by atoms with van der Waals surface area (Å²) < 4.78 is 0. The average Bonchev–Trinajstić information content (AvgIpc) is 2.69. The third-order valence-electron chi connectivity index (χ3n) is 4.97. The first-order valence-corrected chi connectivity index (χ1v) is 9.97. The van der Waals surface area contributed by atoms with E-state index in [4.69, 9.17) is 11.6 Å². The fraction of sp³-hybridized carbons (Fsp3) is 0.318. The first-order chi connectivity index (χ1) is 13.2. The van der Waals surface area contributed by atoms with Crippen LogP contribution < -0.4 is 15.1 Å². The first-order valence-electron chi connectivity index (χ1n) is 9.59. The molecular weight excluding hydrogens is 358 g/mol. The van der Waals surface area contributed by atoms with Crippen molar-refractivity contribution in [1.82, 2.24) is 5.32 Å². The van der Waals surface area contributed by atoms with Crippen LogP contribution in [0, 0.1) is 0 Å². The van der Waals surface area contributed by atoms with Crippen LogP contribution in [-0.2, 0) is 11.3 Å². The van der Waals surface area contributed by atoms with Gasteiger partial charge >= 0.3 is 0 Å². The van der Waals surface area contributed by atoms with Crippen molar-refractivity contribution >= 4 is 23.6 Å². The number of piperazine rings is 1. The van der Waals surface area contributed by atoms with Gasteiger partial charge in [0.05, 0.1) is 6.54 Å². The minimum atomic E-state index is 0.109. The van der Waals surface area contributed by atoms with Crippen molar-refractivity contribution in [1.29, 1.82) is 0 Å². The number of hydrogen-bond donors (Lipinski definition) is 3. The van der Waals surface area contributed by atoms with Crippen molar-refractivity contribution in [3.05, 3.63) is 76.8 Å². The summed E-state index contributed by atoms with van der Waals surface area (Å²) in [5, 5.41) is 3.70. The van der Waals surface area contributed by atoms with E-state index in [1.807, 2.05) is 30.3 Å². The normalized spacial score (nSPS) is 19.9. The van der Waals surface area contributed by atoms with E-state index in [0.29, 0.717) is 18.1 Å². The molecule has 3 rings (SSSR count). The molecular formula is C22H28ClN3O+2. The molecule has 142 valence electrons. The Labute approximate surface area is 166 Å². The van der Waals surface area contributed by atoms with Gasteiger partial charge in [0.2, 0.25) is 0 Å². The van der Waals surface area contributed by atoms with Gasteiger partial charge in [-0.3, -0.25) is 4.79 Å². The molecule has 0 spiro atoms. The van der Waals surface area contributed by atoms with Gasteiger partial charge in [-0.15, -0.1) is 0 Å². The Kier molecular flexibility index (Phi) is 7.45. The summed E-state index contributed by atoms with van der Waals surface area (Å²) in [5.74, 6) is 0.109. The minimum absolute atomic E-state index is 0.109. The molecule has 4 nitrogen and oxygen atoms in total. The van der Waals surface area contributed by atoms with Crippen LogP contribution >= 0.6 is 11.6 Å². The fourth-order valence-corrected chi connectivity index (χ4v) is 3.61. The Hall–Kier alpha value is -2.14. The lowest BCUT2D eigenvalue weighted by Gasteiger charge is -2.28. The highest BCUT2D eigenvalue weighted by Gasteiger charge is 2.23. The van der Waals surface area contributed by atoms with Gasteiger partial charge in [0.1, 0.15) is 26.2 Å².